The Hall–Kier alpha value is -3.41. The van der Waals surface area contributed by atoms with Crippen molar-refractivity contribution in [3.63, 3.8) is 0 Å². The number of aryl methyl sites for hydroxylation is 1. The number of carbonyl (C=O) groups is 1. The maximum Gasteiger partial charge on any atom is 0.260 e. The Morgan fingerprint density at radius 3 is 2.62 bits per heavy atom. The minimum Gasteiger partial charge on any atom is -0.507 e. The molecule has 0 radical (unpaired) electrons. The fourth-order valence-electron chi connectivity index (χ4n) is 4.13. The van der Waals surface area contributed by atoms with Crippen LogP contribution in [0.15, 0.2) is 66.9 Å². The Balaban J connectivity index is 1.29. The number of ether oxygens (including phenoxy) is 1. The van der Waals surface area contributed by atoms with Gasteiger partial charge in [0.1, 0.15) is 23.0 Å². The summed E-state index contributed by atoms with van der Waals surface area (Å²) in [6.45, 7) is 1.37. The number of aromatic hydroxyl groups is 1. The van der Waals surface area contributed by atoms with Gasteiger partial charge in [-0.2, -0.15) is 0 Å². The zero-order valence-electron chi connectivity index (χ0n) is 17.9. The van der Waals surface area contributed by atoms with Crippen LogP contribution < -0.4 is 4.74 Å². The number of nitrogens with zero attached hydrogens (tertiary/aromatic N) is 2. The van der Waals surface area contributed by atoms with E-state index in [-0.39, 0.29) is 18.3 Å². The number of phenols is 1. The van der Waals surface area contributed by atoms with E-state index in [1.54, 1.807) is 18.3 Å². The smallest absolute Gasteiger partial charge is 0.260 e. The maximum atomic E-state index is 13.3. The summed E-state index contributed by atoms with van der Waals surface area (Å²) in [4.78, 5) is 18.8. The fourth-order valence-corrected chi connectivity index (χ4v) is 4.13. The van der Waals surface area contributed by atoms with Crippen LogP contribution in [0.5, 0.6) is 11.5 Å². The van der Waals surface area contributed by atoms with E-state index >= 15 is 0 Å². The number of likely N-dealkylation sites (tertiary alicyclic amines) is 1. The number of phenolic OH excluding ortho intramolecular Hbond substituents is 1. The molecular formula is C26H27FN2O3. The lowest BCUT2D eigenvalue weighted by molar-refractivity contribution is -0.134. The van der Waals surface area contributed by atoms with Gasteiger partial charge in [0.2, 0.25) is 0 Å². The van der Waals surface area contributed by atoms with Crippen molar-refractivity contribution in [1.29, 1.82) is 0 Å². The van der Waals surface area contributed by atoms with E-state index in [0.29, 0.717) is 22.9 Å². The van der Waals surface area contributed by atoms with Gasteiger partial charge >= 0.3 is 0 Å². The summed E-state index contributed by atoms with van der Waals surface area (Å²) in [5.74, 6) is 0.182. The second-order valence-electron chi connectivity index (χ2n) is 8.15. The normalized spacial score (nSPS) is 14.3. The van der Waals surface area contributed by atoms with Gasteiger partial charge in [-0.25, -0.2) is 4.39 Å². The summed E-state index contributed by atoms with van der Waals surface area (Å²) < 4.78 is 19.1. The van der Waals surface area contributed by atoms with Crippen molar-refractivity contribution in [1.82, 2.24) is 9.88 Å². The highest BCUT2D eigenvalue weighted by atomic mass is 19.1. The zero-order chi connectivity index (χ0) is 22.3. The third-order valence-corrected chi connectivity index (χ3v) is 5.99. The molecule has 1 aliphatic heterocycles. The van der Waals surface area contributed by atoms with Gasteiger partial charge in [-0.15, -0.1) is 0 Å². The van der Waals surface area contributed by atoms with Crippen LogP contribution in [0, 0.1) is 11.7 Å². The molecule has 0 unspecified atom stereocenters. The minimum atomic E-state index is -0.535. The van der Waals surface area contributed by atoms with Crippen molar-refractivity contribution >= 4 is 5.91 Å². The van der Waals surface area contributed by atoms with Gasteiger partial charge in [-0.1, -0.05) is 30.3 Å². The number of hydrogen-bond donors (Lipinski definition) is 1. The van der Waals surface area contributed by atoms with Crippen molar-refractivity contribution in [3.8, 4) is 22.8 Å². The summed E-state index contributed by atoms with van der Waals surface area (Å²) in [5, 5.41) is 10.1. The number of piperidine rings is 1. The summed E-state index contributed by atoms with van der Waals surface area (Å²) >= 11 is 0. The number of pyridine rings is 1. The molecule has 0 atom stereocenters. The number of hydrogen-bond acceptors (Lipinski definition) is 4. The molecule has 0 spiro atoms. The first-order valence-corrected chi connectivity index (χ1v) is 11.0. The molecule has 1 saturated heterocycles. The van der Waals surface area contributed by atoms with Gasteiger partial charge in [0, 0.05) is 30.9 Å². The number of rotatable bonds is 7. The second kappa shape index (κ2) is 10.3. The molecule has 4 rings (SSSR count). The Morgan fingerprint density at radius 2 is 1.88 bits per heavy atom. The topological polar surface area (TPSA) is 62.7 Å². The van der Waals surface area contributed by atoms with Crippen LogP contribution in [0.3, 0.4) is 0 Å². The Bertz CT molecular complexity index is 1050. The molecule has 166 valence electrons. The van der Waals surface area contributed by atoms with Crippen LogP contribution in [0.4, 0.5) is 4.39 Å². The molecule has 1 amide bonds. The van der Waals surface area contributed by atoms with Gasteiger partial charge < -0.3 is 14.7 Å². The fraction of sp³-hybridized carbons (Fsp3) is 0.308. The van der Waals surface area contributed by atoms with E-state index in [1.807, 2.05) is 11.0 Å². The molecule has 0 saturated carbocycles. The first-order valence-electron chi connectivity index (χ1n) is 11.0. The first-order chi connectivity index (χ1) is 15.6. The molecule has 1 aromatic heterocycles. The third kappa shape index (κ3) is 5.44. The van der Waals surface area contributed by atoms with Gasteiger partial charge in [0.25, 0.3) is 5.91 Å². The molecule has 1 fully saturated rings. The Morgan fingerprint density at radius 1 is 1.09 bits per heavy atom. The highest BCUT2D eigenvalue weighted by Crippen LogP contribution is 2.34. The van der Waals surface area contributed by atoms with E-state index < -0.39 is 5.82 Å². The molecule has 2 heterocycles. The van der Waals surface area contributed by atoms with Crippen LogP contribution in [0.25, 0.3) is 11.3 Å². The highest BCUT2D eigenvalue weighted by Gasteiger charge is 2.23. The van der Waals surface area contributed by atoms with Gasteiger partial charge in [-0.05, 0) is 61.4 Å². The van der Waals surface area contributed by atoms with Crippen molar-refractivity contribution in [2.75, 3.05) is 19.7 Å². The number of benzene rings is 2. The average Bonchev–Trinajstić information content (AvgIpc) is 2.82. The highest BCUT2D eigenvalue weighted by molar-refractivity contribution is 5.78. The molecule has 2 aromatic carbocycles. The number of carbonyl (C=O) groups excluding carboxylic acids is 1. The first kappa shape index (κ1) is 21.8. The third-order valence-electron chi connectivity index (χ3n) is 5.99. The lowest BCUT2D eigenvalue weighted by Crippen LogP contribution is -2.41. The summed E-state index contributed by atoms with van der Waals surface area (Å²) in [6, 6.07) is 17.6. The summed E-state index contributed by atoms with van der Waals surface area (Å²) in [7, 11) is 0. The molecule has 3 aromatic rings. The number of aromatic nitrogens is 1. The van der Waals surface area contributed by atoms with Crippen LogP contribution >= 0.6 is 0 Å². The average molecular weight is 435 g/mol. The quantitative estimate of drug-likeness (QED) is 0.578. The van der Waals surface area contributed by atoms with Crippen LogP contribution in [-0.4, -0.2) is 40.6 Å². The molecule has 0 bridgehead atoms. The predicted octanol–water partition coefficient (Wildman–Crippen LogP) is 4.84. The molecule has 1 N–H and O–H groups in total. The second-order valence-corrected chi connectivity index (χ2v) is 8.15. The van der Waals surface area contributed by atoms with Gasteiger partial charge in [0.15, 0.2) is 6.61 Å². The standard InChI is InChI=1S/C26H27FN2O3/c27-21-10-11-22(23(30)17-21)26-24(7-4-14-28-26)32-18-25(31)29-15-12-20(13-16-29)9-8-19-5-2-1-3-6-19/h1-7,10-11,14,17,20,30H,8-9,12-13,15-16,18H2. The molecular weight excluding hydrogens is 407 g/mol. The van der Waals surface area contributed by atoms with Gasteiger partial charge in [-0.3, -0.25) is 9.78 Å². The molecule has 1 aliphatic rings. The van der Waals surface area contributed by atoms with Crippen molar-refractivity contribution in [2.45, 2.75) is 25.7 Å². The SMILES string of the molecule is O=C(COc1cccnc1-c1ccc(F)cc1O)N1CCC(CCc2ccccc2)CC1. The minimum absolute atomic E-state index is 0.0651. The predicted molar refractivity (Wildman–Crippen MR) is 121 cm³/mol. The summed E-state index contributed by atoms with van der Waals surface area (Å²) in [6.07, 6.45) is 5.78. The van der Waals surface area contributed by atoms with Crippen molar-refractivity contribution in [3.05, 3.63) is 78.2 Å². The van der Waals surface area contributed by atoms with E-state index in [2.05, 4.69) is 29.2 Å². The molecule has 6 heteroatoms. The van der Waals surface area contributed by atoms with Crippen LogP contribution in [0.2, 0.25) is 0 Å². The molecule has 0 aliphatic carbocycles. The molecule has 32 heavy (non-hydrogen) atoms. The lowest BCUT2D eigenvalue weighted by Gasteiger charge is -2.32. The van der Waals surface area contributed by atoms with E-state index in [9.17, 15) is 14.3 Å². The Labute approximate surface area is 187 Å². The lowest BCUT2D eigenvalue weighted by atomic mass is 9.90. The largest absolute Gasteiger partial charge is 0.507 e. The van der Waals surface area contributed by atoms with E-state index in [4.69, 9.17) is 4.74 Å². The molecule has 5 nitrogen and oxygen atoms in total. The van der Waals surface area contributed by atoms with Crippen molar-refractivity contribution < 1.29 is 19.0 Å². The number of amides is 1. The van der Waals surface area contributed by atoms with Crippen LogP contribution in [-0.2, 0) is 11.2 Å². The van der Waals surface area contributed by atoms with E-state index in [0.717, 1.165) is 44.8 Å². The zero-order valence-corrected chi connectivity index (χ0v) is 17.9. The maximum absolute atomic E-state index is 13.3. The number of halogens is 1. The Kier molecular flexibility index (Phi) is 7.00. The van der Waals surface area contributed by atoms with Crippen LogP contribution in [0.1, 0.15) is 24.8 Å². The monoisotopic (exact) mass is 434 g/mol. The van der Waals surface area contributed by atoms with E-state index in [1.165, 1.54) is 17.7 Å². The summed E-state index contributed by atoms with van der Waals surface area (Å²) in [5.41, 5.74) is 2.09. The van der Waals surface area contributed by atoms with Crippen molar-refractivity contribution in [2.24, 2.45) is 5.92 Å². The van der Waals surface area contributed by atoms with Gasteiger partial charge in [0.05, 0.1) is 0 Å².